The number of aromatic nitrogens is 5. The first-order chi connectivity index (χ1) is 19.7. The SMILES string of the molecule is CCc1cc(OCCN(C)C)c(F)c(C(Nc2ccc(Br)c(CNC(=O)O)c2)c2nn(-c3ncccn3)c(=O)[nH]2)c1. The molecular weight excluding hydrogens is 599 g/mol. The van der Waals surface area contributed by atoms with Gasteiger partial charge in [0.15, 0.2) is 17.4 Å². The van der Waals surface area contributed by atoms with Gasteiger partial charge in [-0.25, -0.2) is 23.9 Å². The highest BCUT2D eigenvalue weighted by atomic mass is 79.9. The molecule has 0 spiro atoms. The number of hydrogen-bond donors (Lipinski definition) is 4. The van der Waals surface area contributed by atoms with Crippen LogP contribution in [0.25, 0.3) is 5.95 Å². The Kier molecular flexibility index (Phi) is 9.68. The molecule has 4 rings (SSSR count). The lowest BCUT2D eigenvalue weighted by atomic mass is 10.00. The maximum atomic E-state index is 16.1. The van der Waals surface area contributed by atoms with Gasteiger partial charge in [0.25, 0.3) is 5.95 Å². The summed E-state index contributed by atoms with van der Waals surface area (Å²) in [6.07, 6.45) is 2.40. The van der Waals surface area contributed by atoms with Crippen LogP contribution in [0, 0.1) is 5.82 Å². The normalized spacial score (nSPS) is 11.9. The van der Waals surface area contributed by atoms with Gasteiger partial charge in [-0.15, -0.1) is 9.78 Å². The standard InChI is InChI=1S/C27H30BrFN8O4/c1-4-16-12-19(22(29)21(13-16)41-11-10-36(2)3)23(24-34-26(38)37(35-24)25-30-8-5-9-31-25)33-18-6-7-20(28)17(14-18)15-32-27(39)40/h5-9,12-14,23,32-33H,4,10-11,15H2,1-3H3,(H,39,40)(H,34,35,38). The number of halogens is 2. The van der Waals surface area contributed by atoms with Crippen LogP contribution < -0.4 is 21.1 Å². The van der Waals surface area contributed by atoms with Crippen LogP contribution in [0.3, 0.4) is 0 Å². The van der Waals surface area contributed by atoms with Crippen LogP contribution in [-0.4, -0.2) is 68.1 Å². The molecule has 216 valence electrons. The summed E-state index contributed by atoms with van der Waals surface area (Å²) in [5, 5.41) is 19.1. The van der Waals surface area contributed by atoms with Crippen LogP contribution in [0.1, 0.15) is 35.5 Å². The number of anilines is 1. The molecule has 1 unspecified atom stereocenters. The van der Waals surface area contributed by atoms with Gasteiger partial charge >= 0.3 is 11.8 Å². The zero-order valence-corrected chi connectivity index (χ0v) is 24.3. The monoisotopic (exact) mass is 628 g/mol. The number of likely N-dealkylation sites (N-methyl/N-ethyl adjacent to an activating group) is 1. The molecule has 4 N–H and O–H groups in total. The van der Waals surface area contributed by atoms with Gasteiger partial charge in [-0.3, -0.25) is 4.98 Å². The van der Waals surface area contributed by atoms with E-state index in [4.69, 9.17) is 9.84 Å². The third-order valence-corrected chi connectivity index (χ3v) is 6.85. The number of aromatic amines is 1. The summed E-state index contributed by atoms with van der Waals surface area (Å²) in [7, 11) is 3.80. The fourth-order valence-electron chi connectivity index (χ4n) is 3.97. The average molecular weight is 629 g/mol. The maximum Gasteiger partial charge on any atom is 0.404 e. The number of ether oxygens (including phenoxy) is 1. The maximum absolute atomic E-state index is 16.1. The van der Waals surface area contributed by atoms with Crippen molar-refractivity contribution in [2.24, 2.45) is 0 Å². The Balaban J connectivity index is 1.81. The molecule has 0 bridgehead atoms. The summed E-state index contributed by atoms with van der Waals surface area (Å²) < 4.78 is 23.6. The van der Waals surface area contributed by atoms with Crippen molar-refractivity contribution in [1.29, 1.82) is 0 Å². The first-order valence-corrected chi connectivity index (χ1v) is 13.5. The van der Waals surface area contributed by atoms with Gasteiger partial charge in [-0.1, -0.05) is 28.9 Å². The minimum Gasteiger partial charge on any atom is -0.489 e. The predicted octanol–water partition coefficient (Wildman–Crippen LogP) is 3.72. The molecule has 1 atom stereocenters. The number of amides is 1. The molecule has 0 saturated carbocycles. The lowest BCUT2D eigenvalue weighted by Crippen LogP contribution is -2.21. The van der Waals surface area contributed by atoms with E-state index in [9.17, 15) is 9.59 Å². The molecule has 12 nitrogen and oxygen atoms in total. The number of rotatable bonds is 12. The van der Waals surface area contributed by atoms with Crippen LogP contribution in [0.15, 0.2) is 58.1 Å². The van der Waals surface area contributed by atoms with Gasteiger partial charge in [0.1, 0.15) is 12.6 Å². The number of aryl methyl sites for hydroxylation is 1. The Labute approximate surface area is 243 Å². The Morgan fingerprint density at radius 3 is 2.68 bits per heavy atom. The van der Waals surface area contributed by atoms with Crippen molar-refractivity contribution in [3.05, 3.63) is 92.1 Å². The number of H-pyrrole nitrogens is 1. The van der Waals surface area contributed by atoms with Crippen molar-refractivity contribution in [2.45, 2.75) is 25.9 Å². The summed E-state index contributed by atoms with van der Waals surface area (Å²) in [4.78, 5) is 36.8. The average Bonchev–Trinajstić information content (AvgIpc) is 3.34. The van der Waals surface area contributed by atoms with Gasteiger partial charge < -0.3 is 25.4 Å². The van der Waals surface area contributed by atoms with Crippen LogP contribution >= 0.6 is 15.9 Å². The minimum absolute atomic E-state index is 0.0381. The highest BCUT2D eigenvalue weighted by molar-refractivity contribution is 9.10. The number of carbonyl (C=O) groups is 1. The molecule has 1 amide bonds. The molecule has 14 heteroatoms. The molecule has 0 fully saturated rings. The van der Waals surface area contributed by atoms with Crippen LogP contribution in [0.5, 0.6) is 5.75 Å². The van der Waals surface area contributed by atoms with Crippen molar-refractivity contribution >= 4 is 27.7 Å². The summed E-state index contributed by atoms with van der Waals surface area (Å²) in [5.74, 6) is -0.347. The van der Waals surface area contributed by atoms with E-state index in [0.717, 1.165) is 10.2 Å². The van der Waals surface area contributed by atoms with E-state index >= 15 is 4.39 Å². The second-order valence-corrected chi connectivity index (χ2v) is 10.2. The zero-order chi connectivity index (χ0) is 29.5. The van der Waals surface area contributed by atoms with E-state index in [-0.39, 0.29) is 36.2 Å². The van der Waals surface area contributed by atoms with E-state index in [1.807, 2.05) is 25.9 Å². The number of benzene rings is 2. The number of hydrogen-bond acceptors (Lipinski definition) is 8. The van der Waals surface area contributed by atoms with Crippen molar-refractivity contribution < 1.29 is 19.0 Å². The van der Waals surface area contributed by atoms with Crippen LogP contribution in [0.4, 0.5) is 14.9 Å². The summed E-state index contributed by atoms with van der Waals surface area (Å²) in [6.45, 7) is 2.85. The molecule has 4 aromatic rings. The zero-order valence-electron chi connectivity index (χ0n) is 22.7. The third-order valence-electron chi connectivity index (χ3n) is 6.08. The van der Waals surface area contributed by atoms with E-state index in [0.29, 0.717) is 28.7 Å². The largest absolute Gasteiger partial charge is 0.489 e. The van der Waals surface area contributed by atoms with Gasteiger partial charge in [0.05, 0.1) is 0 Å². The van der Waals surface area contributed by atoms with E-state index in [2.05, 4.69) is 46.6 Å². The Hall–Kier alpha value is -4.30. The minimum atomic E-state index is -1.17. The molecule has 0 aliphatic rings. The predicted molar refractivity (Wildman–Crippen MR) is 154 cm³/mol. The Morgan fingerprint density at radius 2 is 2.00 bits per heavy atom. The quantitative estimate of drug-likeness (QED) is 0.184. The second-order valence-electron chi connectivity index (χ2n) is 9.32. The highest BCUT2D eigenvalue weighted by Crippen LogP contribution is 2.33. The van der Waals surface area contributed by atoms with Gasteiger partial charge in [0, 0.05) is 41.2 Å². The first kappa shape index (κ1) is 29.7. The Bertz CT molecular complexity index is 1560. The topological polar surface area (TPSA) is 150 Å². The van der Waals surface area contributed by atoms with Crippen LogP contribution in [0.2, 0.25) is 0 Å². The van der Waals surface area contributed by atoms with Crippen molar-refractivity contribution in [3.8, 4) is 11.7 Å². The summed E-state index contributed by atoms with van der Waals surface area (Å²) in [6, 6.07) is 9.21. The van der Waals surface area contributed by atoms with Gasteiger partial charge in [-0.2, -0.15) is 0 Å². The van der Waals surface area contributed by atoms with Crippen LogP contribution in [-0.2, 0) is 13.0 Å². The van der Waals surface area contributed by atoms with Crippen molar-refractivity contribution in [2.75, 3.05) is 32.6 Å². The second kappa shape index (κ2) is 13.4. The molecule has 2 heterocycles. The molecule has 2 aromatic carbocycles. The summed E-state index contributed by atoms with van der Waals surface area (Å²) >= 11 is 3.43. The molecular formula is C27H30BrFN8O4. The molecule has 0 radical (unpaired) electrons. The first-order valence-electron chi connectivity index (χ1n) is 12.7. The number of carboxylic acid groups (broad SMARTS) is 1. The van der Waals surface area contributed by atoms with Gasteiger partial charge in [0.2, 0.25) is 0 Å². The van der Waals surface area contributed by atoms with Crippen molar-refractivity contribution in [3.63, 3.8) is 0 Å². The van der Waals surface area contributed by atoms with E-state index < -0.39 is 23.6 Å². The lowest BCUT2D eigenvalue weighted by Gasteiger charge is -2.22. The number of nitrogens with zero attached hydrogens (tertiary/aromatic N) is 5. The Morgan fingerprint density at radius 1 is 1.24 bits per heavy atom. The molecule has 41 heavy (non-hydrogen) atoms. The smallest absolute Gasteiger partial charge is 0.404 e. The molecule has 0 saturated heterocycles. The fraction of sp³-hybridized carbons (Fsp3) is 0.296. The van der Waals surface area contributed by atoms with Crippen molar-refractivity contribution in [1.82, 2.24) is 34.9 Å². The molecule has 2 aromatic heterocycles. The lowest BCUT2D eigenvalue weighted by molar-refractivity contribution is 0.194. The fourth-order valence-corrected chi connectivity index (χ4v) is 4.36. The summed E-state index contributed by atoms with van der Waals surface area (Å²) in [5.41, 5.74) is 1.59. The molecule has 0 aliphatic heterocycles. The van der Waals surface area contributed by atoms with E-state index in [1.54, 1.807) is 36.4 Å². The molecule has 0 aliphatic carbocycles. The highest BCUT2D eigenvalue weighted by Gasteiger charge is 2.26. The van der Waals surface area contributed by atoms with Gasteiger partial charge in [-0.05, 0) is 62.0 Å². The number of nitrogens with one attached hydrogen (secondary N) is 3. The van der Waals surface area contributed by atoms with E-state index in [1.165, 1.54) is 12.4 Å². The third kappa shape index (κ3) is 7.46.